The smallest absolute Gasteiger partial charge is 0.325 e. The number of carbonyl (C=O) groups is 2. The van der Waals surface area contributed by atoms with Crippen LogP contribution in [0.2, 0.25) is 0 Å². The summed E-state index contributed by atoms with van der Waals surface area (Å²) < 4.78 is 25.7. The number of anilines is 1. The molecule has 2 amide bonds. The molecule has 1 rings (SSSR count). The van der Waals surface area contributed by atoms with Crippen LogP contribution in [-0.4, -0.2) is 23.1 Å². The summed E-state index contributed by atoms with van der Waals surface area (Å²) in [6.07, 6.45) is 0. The van der Waals surface area contributed by atoms with E-state index in [1.807, 2.05) is 0 Å². The fourth-order valence-electron chi connectivity index (χ4n) is 1.01. The number of hydrogen-bond donors (Lipinski definition) is 3. The Morgan fingerprint density at radius 1 is 1.35 bits per heavy atom. The van der Waals surface area contributed by atoms with Crippen LogP contribution in [0, 0.1) is 11.6 Å². The lowest BCUT2D eigenvalue weighted by atomic mass is 10.3. The molecule has 0 radical (unpaired) electrons. The van der Waals surface area contributed by atoms with Gasteiger partial charge < -0.3 is 15.7 Å². The van der Waals surface area contributed by atoms with Gasteiger partial charge in [-0.1, -0.05) is 0 Å². The molecule has 0 fully saturated rings. The van der Waals surface area contributed by atoms with Gasteiger partial charge in [0.25, 0.3) is 0 Å². The van der Waals surface area contributed by atoms with Crippen LogP contribution in [0.4, 0.5) is 19.3 Å². The van der Waals surface area contributed by atoms with E-state index >= 15 is 0 Å². The van der Waals surface area contributed by atoms with E-state index in [-0.39, 0.29) is 5.69 Å². The number of carboxylic acids is 1. The van der Waals surface area contributed by atoms with Gasteiger partial charge in [0.05, 0.1) is 5.69 Å². The SMILES string of the molecule is CC(NC(=O)Nc1ccc(F)cc1F)C(=O)O. The lowest BCUT2D eigenvalue weighted by Crippen LogP contribution is -2.41. The minimum Gasteiger partial charge on any atom is -0.480 e. The van der Waals surface area contributed by atoms with Crippen LogP contribution in [-0.2, 0) is 4.79 Å². The highest BCUT2D eigenvalue weighted by Crippen LogP contribution is 2.14. The number of amides is 2. The minimum atomic E-state index is -1.22. The Labute approximate surface area is 95.4 Å². The second-order valence-electron chi connectivity index (χ2n) is 3.28. The van der Waals surface area contributed by atoms with E-state index in [1.165, 1.54) is 6.92 Å². The molecular formula is C10H10F2N2O3. The summed E-state index contributed by atoms with van der Waals surface area (Å²) in [5.74, 6) is -2.93. The molecule has 17 heavy (non-hydrogen) atoms. The van der Waals surface area contributed by atoms with Crippen molar-refractivity contribution in [2.24, 2.45) is 0 Å². The molecule has 0 aromatic heterocycles. The number of hydrogen-bond acceptors (Lipinski definition) is 2. The number of urea groups is 1. The molecule has 0 saturated carbocycles. The van der Waals surface area contributed by atoms with Crippen LogP contribution in [0.5, 0.6) is 0 Å². The Hall–Kier alpha value is -2.18. The fraction of sp³-hybridized carbons (Fsp3) is 0.200. The highest BCUT2D eigenvalue weighted by molar-refractivity contribution is 5.92. The summed E-state index contributed by atoms with van der Waals surface area (Å²) in [5, 5.41) is 12.6. The monoisotopic (exact) mass is 244 g/mol. The highest BCUT2D eigenvalue weighted by atomic mass is 19.1. The van der Waals surface area contributed by atoms with Crippen molar-refractivity contribution in [1.29, 1.82) is 0 Å². The van der Waals surface area contributed by atoms with Crippen LogP contribution in [0.15, 0.2) is 18.2 Å². The zero-order valence-electron chi connectivity index (χ0n) is 8.83. The maximum atomic E-state index is 13.1. The fourth-order valence-corrected chi connectivity index (χ4v) is 1.01. The quantitative estimate of drug-likeness (QED) is 0.755. The molecule has 92 valence electrons. The van der Waals surface area contributed by atoms with Crippen LogP contribution in [0.1, 0.15) is 6.92 Å². The van der Waals surface area contributed by atoms with Gasteiger partial charge in [0.15, 0.2) is 0 Å². The van der Waals surface area contributed by atoms with Crippen molar-refractivity contribution in [2.45, 2.75) is 13.0 Å². The first-order valence-electron chi connectivity index (χ1n) is 4.65. The average molecular weight is 244 g/mol. The molecule has 0 aliphatic heterocycles. The topological polar surface area (TPSA) is 78.4 Å². The number of benzene rings is 1. The number of rotatable bonds is 3. The molecule has 7 heteroatoms. The van der Waals surface area contributed by atoms with Crippen LogP contribution in [0.3, 0.4) is 0 Å². The van der Waals surface area contributed by atoms with Crippen molar-refractivity contribution >= 4 is 17.7 Å². The summed E-state index contributed by atoms with van der Waals surface area (Å²) in [7, 11) is 0. The standard InChI is InChI=1S/C10H10F2N2O3/c1-5(9(15)16)13-10(17)14-8-3-2-6(11)4-7(8)12/h2-5H,1H3,(H,15,16)(H2,13,14,17). The first-order valence-corrected chi connectivity index (χ1v) is 4.65. The second-order valence-corrected chi connectivity index (χ2v) is 3.28. The maximum absolute atomic E-state index is 13.1. The van der Waals surface area contributed by atoms with E-state index < -0.39 is 29.7 Å². The average Bonchev–Trinajstić information content (AvgIpc) is 2.22. The zero-order valence-corrected chi connectivity index (χ0v) is 8.83. The van der Waals surface area contributed by atoms with E-state index in [9.17, 15) is 18.4 Å². The van der Waals surface area contributed by atoms with E-state index in [0.717, 1.165) is 12.1 Å². The first-order chi connectivity index (χ1) is 7.90. The maximum Gasteiger partial charge on any atom is 0.325 e. The van der Waals surface area contributed by atoms with Gasteiger partial charge in [-0.3, -0.25) is 4.79 Å². The molecule has 1 aromatic rings. The molecule has 0 bridgehead atoms. The number of aliphatic carboxylic acids is 1. The van der Waals surface area contributed by atoms with Gasteiger partial charge in [-0.05, 0) is 19.1 Å². The van der Waals surface area contributed by atoms with E-state index in [2.05, 4.69) is 10.6 Å². The lowest BCUT2D eigenvalue weighted by molar-refractivity contribution is -0.138. The largest absolute Gasteiger partial charge is 0.480 e. The van der Waals surface area contributed by atoms with Gasteiger partial charge in [-0.25, -0.2) is 13.6 Å². The molecule has 0 aliphatic rings. The van der Waals surface area contributed by atoms with Crippen molar-refractivity contribution in [2.75, 3.05) is 5.32 Å². The molecule has 1 unspecified atom stereocenters. The third-order valence-electron chi connectivity index (χ3n) is 1.90. The highest BCUT2D eigenvalue weighted by Gasteiger charge is 2.14. The number of carbonyl (C=O) groups excluding carboxylic acids is 1. The third kappa shape index (κ3) is 3.71. The van der Waals surface area contributed by atoms with Crippen molar-refractivity contribution in [3.05, 3.63) is 29.8 Å². The molecule has 1 atom stereocenters. The summed E-state index contributed by atoms with van der Waals surface area (Å²) in [4.78, 5) is 21.7. The predicted molar refractivity (Wildman–Crippen MR) is 55.6 cm³/mol. The molecule has 3 N–H and O–H groups in total. The van der Waals surface area contributed by atoms with Gasteiger partial charge in [0.2, 0.25) is 0 Å². The normalized spacial score (nSPS) is 11.7. The summed E-state index contributed by atoms with van der Waals surface area (Å²) >= 11 is 0. The predicted octanol–water partition coefficient (Wildman–Crippen LogP) is 1.56. The van der Waals surface area contributed by atoms with Crippen molar-refractivity contribution < 1.29 is 23.5 Å². The summed E-state index contributed by atoms with van der Waals surface area (Å²) in [6.45, 7) is 1.25. The molecule has 0 heterocycles. The Morgan fingerprint density at radius 3 is 2.53 bits per heavy atom. The van der Waals surface area contributed by atoms with Crippen molar-refractivity contribution in [3.63, 3.8) is 0 Å². The van der Waals surface area contributed by atoms with Gasteiger partial charge in [-0.15, -0.1) is 0 Å². The van der Waals surface area contributed by atoms with Crippen LogP contribution < -0.4 is 10.6 Å². The Bertz CT molecular complexity index is 451. The summed E-state index contributed by atoms with van der Waals surface area (Å²) in [5.41, 5.74) is -0.235. The number of carboxylic acid groups (broad SMARTS) is 1. The van der Waals surface area contributed by atoms with Gasteiger partial charge in [0, 0.05) is 6.07 Å². The number of nitrogens with one attached hydrogen (secondary N) is 2. The van der Waals surface area contributed by atoms with E-state index in [4.69, 9.17) is 5.11 Å². The molecule has 5 nitrogen and oxygen atoms in total. The minimum absolute atomic E-state index is 0.235. The molecule has 1 aromatic carbocycles. The molecule has 0 saturated heterocycles. The Morgan fingerprint density at radius 2 is 2.00 bits per heavy atom. The van der Waals surface area contributed by atoms with Crippen LogP contribution >= 0.6 is 0 Å². The lowest BCUT2D eigenvalue weighted by Gasteiger charge is -2.11. The van der Waals surface area contributed by atoms with E-state index in [1.54, 1.807) is 0 Å². The van der Waals surface area contributed by atoms with Crippen molar-refractivity contribution in [1.82, 2.24) is 5.32 Å². The van der Waals surface area contributed by atoms with Crippen molar-refractivity contribution in [3.8, 4) is 0 Å². The van der Waals surface area contributed by atoms with Gasteiger partial charge in [-0.2, -0.15) is 0 Å². The third-order valence-corrected chi connectivity index (χ3v) is 1.90. The Kier molecular flexibility index (Phi) is 3.97. The molecular weight excluding hydrogens is 234 g/mol. The zero-order chi connectivity index (χ0) is 13.0. The van der Waals surface area contributed by atoms with E-state index in [0.29, 0.717) is 6.07 Å². The molecule has 0 spiro atoms. The summed E-state index contributed by atoms with van der Waals surface area (Å²) in [6, 6.07) is 0.620. The van der Waals surface area contributed by atoms with Crippen LogP contribution in [0.25, 0.3) is 0 Å². The number of halogens is 2. The van der Waals surface area contributed by atoms with Gasteiger partial charge in [0.1, 0.15) is 17.7 Å². The molecule has 0 aliphatic carbocycles. The second kappa shape index (κ2) is 5.24. The Balaban J connectivity index is 2.65. The van der Waals surface area contributed by atoms with Gasteiger partial charge >= 0.3 is 12.0 Å². The first kappa shape index (κ1) is 12.9.